The van der Waals surface area contributed by atoms with Gasteiger partial charge < -0.3 is 10.4 Å². The molecule has 3 rings (SSSR count). The van der Waals surface area contributed by atoms with Crippen LogP contribution in [0.2, 0.25) is 0 Å². The molecule has 0 fully saturated rings. The zero-order valence-electron chi connectivity index (χ0n) is 10.1. The van der Waals surface area contributed by atoms with Crippen molar-refractivity contribution in [2.75, 3.05) is 5.32 Å². The largest absolute Gasteiger partial charge is 0.508 e. The lowest BCUT2D eigenvalue weighted by molar-refractivity contribution is 0.248. The number of aromatic hydroxyl groups is 1. The number of anilines is 1. The first kappa shape index (κ1) is 12.0. The Morgan fingerprint density at radius 2 is 1.80 bits per heavy atom. The number of urea groups is 1. The first-order valence-corrected chi connectivity index (χ1v) is 5.78. The fraction of sp³-hybridized carbons (Fsp3) is 0.0833. The molecule has 8 heteroatoms. The van der Waals surface area contributed by atoms with Crippen molar-refractivity contribution < 1.29 is 9.90 Å². The predicted octanol–water partition coefficient (Wildman–Crippen LogP) is -0.00670. The number of amides is 2. The van der Waals surface area contributed by atoms with E-state index in [-0.39, 0.29) is 17.1 Å². The van der Waals surface area contributed by atoms with Gasteiger partial charge in [0, 0.05) is 5.56 Å². The number of nitrogens with one attached hydrogen (secondary N) is 4. The highest BCUT2D eigenvalue weighted by molar-refractivity contribution is 5.92. The fourth-order valence-corrected chi connectivity index (χ4v) is 2.19. The second-order valence-electron chi connectivity index (χ2n) is 4.29. The molecule has 0 radical (unpaired) electrons. The van der Waals surface area contributed by atoms with Gasteiger partial charge in [0.25, 0.3) is 5.56 Å². The Morgan fingerprint density at radius 1 is 1.05 bits per heavy atom. The van der Waals surface area contributed by atoms with E-state index >= 15 is 0 Å². The second-order valence-corrected chi connectivity index (χ2v) is 4.29. The van der Waals surface area contributed by atoms with Gasteiger partial charge in [-0.3, -0.25) is 20.1 Å². The van der Waals surface area contributed by atoms with Gasteiger partial charge in [0.15, 0.2) is 0 Å². The number of aromatic nitrogens is 2. The van der Waals surface area contributed by atoms with E-state index in [2.05, 4.69) is 20.6 Å². The molecule has 2 amide bonds. The molecule has 1 atom stereocenters. The number of phenolic OH excluding ortho intramolecular Hbond substituents is 1. The normalized spacial score (nSPS) is 17.0. The van der Waals surface area contributed by atoms with Crippen LogP contribution in [0.15, 0.2) is 33.9 Å². The van der Waals surface area contributed by atoms with E-state index in [4.69, 9.17) is 0 Å². The van der Waals surface area contributed by atoms with Gasteiger partial charge >= 0.3 is 11.7 Å². The van der Waals surface area contributed by atoms with Crippen molar-refractivity contribution >= 4 is 11.8 Å². The molecule has 2 aromatic rings. The Bertz CT molecular complexity index is 808. The molecule has 1 aromatic heterocycles. The van der Waals surface area contributed by atoms with Crippen LogP contribution in [-0.4, -0.2) is 21.1 Å². The van der Waals surface area contributed by atoms with E-state index in [1.54, 1.807) is 18.2 Å². The topological polar surface area (TPSA) is 127 Å². The maximum absolute atomic E-state index is 11.9. The van der Waals surface area contributed by atoms with Crippen LogP contribution in [0.5, 0.6) is 5.75 Å². The maximum atomic E-state index is 11.9. The van der Waals surface area contributed by atoms with Gasteiger partial charge in [0.05, 0.1) is 11.6 Å². The molecule has 1 aromatic carbocycles. The van der Waals surface area contributed by atoms with E-state index in [1.165, 1.54) is 6.07 Å². The summed E-state index contributed by atoms with van der Waals surface area (Å²) < 4.78 is 0. The van der Waals surface area contributed by atoms with E-state index < -0.39 is 23.3 Å². The third-order valence-electron chi connectivity index (χ3n) is 3.03. The van der Waals surface area contributed by atoms with Gasteiger partial charge in [-0.2, -0.15) is 0 Å². The highest BCUT2D eigenvalue weighted by atomic mass is 16.3. The summed E-state index contributed by atoms with van der Waals surface area (Å²) in [7, 11) is 0. The summed E-state index contributed by atoms with van der Waals surface area (Å²) in [6.45, 7) is 0. The van der Waals surface area contributed by atoms with Gasteiger partial charge in [-0.25, -0.2) is 9.59 Å². The van der Waals surface area contributed by atoms with Crippen LogP contribution in [-0.2, 0) is 0 Å². The molecule has 2 heterocycles. The minimum Gasteiger partial charge on any atom is -0.508 e. The van der Waals surface area contributed by atoms with Crippen LogP contribution in [0.3, 0.4) is 0 Å². The number of hydrogen-bond acceptors (Lipinski definition) is 4. The standard InChI is InChI=1S/C12H10N4O4/c17-6-4-2-1-3-5(6)8-7-9(14-11(19)13-8)15-12(20)16-10(7)18/h1-4,8,17H,(H4,13,14,15,16,18,19,20). The molecule has 102 valence electrons. The molecule has 1 unspecified atom stereocenters. The number of aromatic amines is 2. The molecule has 5 N–H and O–H groups in total. The zero-order valence-corrected chi connectivity index (χ0v) is 10.1. The molecule has 0 saturated heterocycles. The summed E-state index contributed by atoms with van der Waals surface area (Å²) in [6.07, 6.45) is 0. The van der Waals surface area contributed by atoms with Crippen molar-refractivity contribution in [1.29, 1.82) is 0 Å². The van der Waals surface area contributed by atoms with Crippen LogP contribution in [0.4, 0.5) is 10.6 Å². The average molecular weight is 274 g/mol. The molecule has 0 aliphatic carbocycles. The Balaban J connectivity index is 2.26. The maximum Gasteiger partial charge on any atom is 0.327 e. The number of carbonyl (C=O) groups is 1. The van der Waals surface area contributed by atoms with Crippen molar-refractivity contribution in [3.05, 3.63) is 56.2 Å². The van der Waals surface area contributed by atoms with Gasteiger partial charge in [0.2, 0.25) is 0 Å². The number of para-hydroxylation sites is 1. The lowest BCUT2D eigenvalue weighted by atomic mass is 9.98. The summed E-state index contributed by atoms with van der Waals surface area (Å²) in [5, 5.41) is 14.8. The van der Waals surface area contributed by atoms with Crippen LogP contribution < -0.4 is 21.9 Å². The highest BCUT2D eigenvalue weighted by Crippen LogP contribution is 2.31. The van der Waals surface area contributed by atoms with Crippen molar-refractivity contribution in [1.82, 2.24) is 15.3 Å². The number of H-pyrrole nitrogens is 2. The molecule has 0 spiro atoms. The first-order chi connectivity index (χ1) is 9.56. The highest BCUT2D eigenvalue weighted by Gasteiger charge is 2.30. The van der Waals surface area contributed by atoms with Crippen molar-refractivity contribution in [2.45, 2.75) is 6.04 Å². The van der Waals surface area contributed by atoms with Gasteiger partial charge in [-0.15, -0.1) is 0 Å². The van der Waals surface area contributed by atoms with Crippen LogP contribution >= 0.6 is 0 Å². The Hall–Kier alpha value is -3.03. The Morgan fingerprint density at radius 3 is 2.55 bits per heavy atom. The van der Waals surface area contributed by atoms with Gasteiger partial charge in [-0.05, 0) is 6.07 Å². The molecule has 1 aliphatic heterocycles. The lowest BCUT2D eigenvalue weighted by Gasteiger charge is -2.26. The van der Waals surface area contributed by atoms with Crippen LogP contribution in [0.25, 0.3) is 0 Å². The third-order valence-corrected chi connectivity index (χ3v) is 3.03. The van der Waals surface area contributed by atoms with E-state index in [0.29, 0.717) is 5.56 Å². The summed E-state index contributed by atoms with van der Waals surface area (Å²) >= 11 is 0. The molecule has 20 heavy (non-hydrogen) atoms. The van der Waals surface area contributed by atoms with Crippen LogP contribution in [0.1, 0.15) is 17.2 Å². The average Bonchev–Trinajstić information content (AvgIpc) is 2.37. The Labute approximate surface area is 111 Å². The number of fused-ring (bicyclic) bond motifs is 1. The molecular formula is C12H10N4O4. The second kappa shape index (κ2) is 4.26. The van der Waals surface area contributed by atoms with Gasteiger partial charge in [0.1, 0.15) is 11.6 Å². The van der Waals surface area contributed by atoms with Gasteiger partial charge in [-0.1, -0.05) is 18.2 Å². The smallest absolute Gasteiger partial charge is 0.327 e. The molecular weight excluding hydrogens is 264 g/mol. The number of hydrogen-bond donors (Lipinski definition) is 5. The number of phenols is 1. The number of rotatable bonds is 1. The molecule has 0 saturated carbocycles. The minimum atomic E-state index is -0.847. The fourth-order valence-electron chi connectivity index (χ4n) is 2.19. The summed E-state index contributed by atoms with van der Waals surface area (Å²) in [5.41, 5.74) is -0.858. The quantitative estimate of drug-likeness (QED) is 0.501. The van der Waals surface area contributed by atoms with E-state index in [0.717, 1.165) is 0 Å². The molecule has 0 bridgehead atoms. The number of benzene rings is 1. The monoisotopic (exact) mass is 274 g/mol. The van der Waals surface area contributed by atoms with Crippen LogP contribution in [0, 0.1) is 0 Å². The van der Waals surface area contributed by atoms with E-state index in [1.807, 2.05) is 0 Å². The minimum absolute atomic E-state index is 0.0238. The summed E-state index contributed by atoms with van der Waals surface area (Å²) in [5.74, 6) is -0.0352. The van der Waals surface area contributed by atoms with Crippen molar-refractivity contribution in [3.63, 3.8) is 0 Å². The Kier molecular flexibility index (Phi) is 2.56. The van der Waals surface area contributed by atoms with Crippen molar-refractivity contribution in [3.8, 4) is 5.75 Å². The summed E-state index contributed by atoms with van der Waals surface area (Å²) in [6, 6.07) is 4.90. The predicted molar refractivity (Wildman–Crippen MR) is 69.8 cm³/mol. The lowest BCUT2D eigenvalue weighted by Crippen LogP contribution is -2.44. The first-order valence-electron chi connectivity index (χ1n) is 5.78. The third kappa shape index (κ3) is 1.83. The SMILES string of the molecule is O=C1Nc2[nH]c(=O)[nH]c(=O)c2C(c2ccccc2O)N1. The van der Waals surface area contributed by atoms with Crippen molar-refractivity contribution in [2.24, 2.45) is 0 Å². The number of carbonyl (C=O) groups excluding carboxylic acids is 1. The summed E-state index contributed by atoms with van der Waals surface area (Å²) in [4.78, 5) is 39.2. The zero-order chi connectivity index (χ0) is 14.3. The molecule has 8 nitrogen and oxygen atoms in total. The molecule has 1 aliphatic rings. The van der Waals surface area contributed by atoms with E-state index in [9.17, 15) is 19.5 Å².